The first kappa shape index (κ1) is 22.3. The van der Waals surface area contributed by atoms with Crippen molar-refractivity contribution in [3.8, 4) is 11.3 Å². The lowest BCUT2D eigenvalue weighted by atomic mass is 10.0. The Balaban J connectivity index is 1.15. The fraction of sp³-hybridized carbons (Fsp3) is 0.259. The van der Waals surface area contributed by atoms with Crippen LogP contribution in [0.2, 0.25) is 0 Å². The quantitative estimate of drug-likeness (QED) is 0.308. The Morgan fingerprint density at radius 3 is 2.64 bits per heavy atom. The van der Waals surface area contributed by atoms with Crippen LogP contribution in [0.25, 0.3) is 11.3 Å². The average Bonchev–Trinajstić information content (AvgIpc) is 3.34. The van der Waals surface area contributed by atoms with Gasteiger partial charge in [-0.1, -0.05) is 66.4 Å². The number of benzene rings is 2. The van der Waals surface area contributed by atoms with Gasteiger partial charge in [-0.25, -0.2) is 4.98 Å². The highest BCUT2D eigenvalue weighted by molar-refractivity contribution is 7.99. The highest BCUT2D eigenvalue weighted by Gasteiger charge is 2.15. The monoisotopic (exact) mass is 472 g/mol. The zero-order valence-corrected chi connectivity index (χ0v) is 20.5. The van der Waals surface area contributed by atoms with Gasteiger partial charge in [0.25, 0.3) is 0 Å². The molecule has 0 amide bonds. The van der Waals surface area contributed by atoms with E-state index < -0.39 is 0 Å². The smallest absolute Gasteiger partial charge is 0.166 e. The summed E-state index contributed by atoms with van der Waals surface area (Å²) in [6, 6.07) is 21.3. The number of thioether (sulfide) groups is 2. The molecule has 2 aromatic carbocycles. The van der Waals surface area contributed by atoms with Gasteiger partial charge in [-0.05, 0) is 41.7 Å². The number of H-pyrrole nitrogens is 1. The molecule has 4 nitrogen and oxygen atoms in total. The molecule has 0 atom stereocenters. The van der Waals surface area contributed by atoms with Crippen LogP contribution in [0.1, 0.15) is 22.4 Å². The van der Waals surface area contributed by atoms with E-state index in [4.69, 9.17) is 0 Å². The molecule has 4 aromatic rings. The zero-order chi connectivity index (χ0) is 22.5. The lowest BCUT2D eigenvalue weighted by Crippen LogP contribution is -2.32. The second-order valence-electron chi connectivity index (χ2n) is 8.28. The molecule has 0 spiro atoms. The second-order valence-corrected chi connectivity index (χ2v) is 10.4. The molecule has 1 N–H and O–H groups in total. The van der Waals surface area contributed by atoms with Crippen molar-refractivity contribution in [2.45, 2.75) is 35.7 Å². The number of imidazole rings is 1. The number of hydrogen-bond donors (Lipinski definition) is 1. The van der Waals surface area contributed by atoms with Crippen molar-refractivity contribution in [2.24, 2.45) is 0 Å². The molecular formula is C27H28N4S2. The van der Waals surface area contributed by atoms with Gasteiger partial charge in [-0.3, -0.25) is 9.88 Å². The minimum atomic E-state index is 0.810. The normalized spacial score (nSPS) is 13.7. The first-order valence-corrected chi connectivity index (χ1v) is 13.3. The highest BCUT2D eigenvalue weighted by atomic mass is 32.2. The van der Waals surface area contributed by atoms with Crippen molar-refractivity contribution in [3.05, 3.63) is 95.4 Å². The van der Waals surface area contributed by atoms with E-state index in [1.54, 1.807) is 11.8 Å². The maximum absolute atomic E-state index is 4.66. The van der Waals surface area contributed by atoms with Gasteiger partial charge in [-0.2, -0.15) is 0 Å². The summed E-state index contributed by atoms with van der Waals surface area (Å²) in [5.74, 6) is 1.91. The molecular weight excluding hydrogens is 444 g/mol. The Bertz CT molecular complexity index is 1210. The van der Waals surface area contributed by atoms with Crippen molar-refractivity contribution in [1.29, 1.82) is 0 Å². The molecule has 2 aromatic heterocycles. The molecule has 0 unspecified atom stereocenters. The Kier molecular flexibility index (Phi) is 7.15. The van der Waals surface area contributed by atoms with E-state index in [0.29, 0.717) is 0 Å². The molecule has 0 bridgehead atoms. The van der Waals surface area contributed by atoms with Crippen LogP contribution in [-0.4, -0.2) is 38.7 Å². The van der Waals surface area contributed by atoms with E-state index in [-0.39, 0.29) is 0 Å². The van der Waals surface area contributed by atoms with E-state index in [0.717, 1.165) is 59.7 Å². The Morgan fingerprint density at radius 1 is 0.939 bits per heavy atom. The summed E-state index contributed by atoms with van der Waals surface area (Å²) in [7, 11) is 0. The fourth-order valence-corrected chi connectivity index (χ4v) is 6.10. The summed E-state index contributed by atoms with van der Waals surface area (Å²) >= 11 is 3.65. The zero-order valence-electron chi connectivity index (χ0n) is 18.8. The van der Waals surface area contributed by atoms with Crippen LogP contribution in [0, 0.1) is 6.92 Å². The van der Waals surface area contributed by atoms with Gasteiger partial charge in [0.2, 0.25) is 0 Å². The van der Waals surface area contributed by atoms with E-state index in [1.165, 1.54) is 21.6 Å². The third-order valence-electron chi connectivity index (χ3n) is 6.12. The summed E-state index contributed by atoms with van der Waals surface area (Å²) < 4.78 is 0. The number of pyridine rings is 1. The number of nitrogens with zero attached hydrogens (tertiary/aromatic N) is 3. The molecule has 0 saturated heterocycles. The average molecular weight is 473 g/mol. The topological polar surface area (TPSA) is 44.8 Å². The van der Waals surface area contributed by atoms with Gasteiger partial charge in [0.1, 0.15) is 0 Å². The first-order valence-electron chi connectivity index (χ1n) is 11.4. The van der Waals surface area contributed by atoms with E-state index in [9.17, 15) is 0 Å². The number of hydrogen-bond acceptors (Lipinski definition) is 5. The molecule has 1 aliphatic rings. The van der Waals surface area contributed by atoms with Gasteiger partial charge in [0.15, 0.2) is 5.16 Å². The summed E-state index contributed by atoms with van der Waals surface area (Å²) in [6.07, 6.45) is 5.01. The van der Waals surface area contributed by atoms with Crippen molar-refractivity contribution < 1.29 is 0 Å². The van der Waals surface area contributed by atoms with Crippen LogP contribution in [0.5, 0.6) is 0 Å². The van der Waals surface area contributed by atoms with Crippen LogP contribution in [-0.2, 0) is 18.7 Å². The summed E-state index contributed by atoms with van der Waals surface area (Å²) in [5.41, 5.74) is 7.63. The Hall–Kier alpha value is -2.54. The van der Waals surface area contributed by atoms with Crippen molar-refractivity contribution >= 4 is 23.5 Å². The lowest BCUT2D eigenvalue weighted by Gasteiger charge is -2.28. The predicted molar refractivity (Wildman–Crippen MR) is 139 cm³/mol. The summed E-state index contributed by atoms with van der Waals surface area (Å²) in [6.45, 7) is 5.53. The van der Waals surface area contributed by atoms with Crippen molar-refractivity contribution in [3.63, 3.8) is 0 Å². The van der Waals surface area contributed by atoms with Crippen LogP contribution in [0.3, 0.4) is 0 Å². The Labute approximate surface area is 204 Å². The third-order valence-corrected chi connectivity index (χ3v) is 8.16. The molecule has 6 heteroatoms. The van der Waals surface area contributed by atoms with Crippen LogP contribution >= 0.6 is 23.5 Å². The first-order chi connectivity index (χ1) is 16.3. The third kappa shape index (κ3) is 5.52. The maximum Gasteiger partial charge on any atom is 0.166 e. The van der Waals surface area contributed by atoms with Gasteiger partial charge < -0.3 is 4.98 Å². The number of rotatable bonds is 8. The number of nitrogens with one attached hydrogen (secondary N) is 1. The summed E-state index contributed by atoms with van der Waals surface area (Å²) in [5, 5.41) is 0.929. The number of fused-ring (bicyclic) bond motifs is 1. The standard InChI is InChI=1S/C27H28N4S2/c1-20-25(19-33-27-29-17-24(30-27)22-8-3-2-4-9-22)28-13-11-26(20)32-16-15-31-14-12-21-7-5-6-10-23(21)18-31/h2-11,13,17H,12,14-16,18-19H2,1H3,(H,29,30). The minimum Gasteiger partial charge on any atom is -0.333 e. The highest BCUT2D eigenvalue weighted by Crippen LogP contribution is 2.29. The van der Waals surface area contributed by atoms with Crippen LogP contribution in [0.15, 0.2) is 83.1 Å². The van der Waals surface area contributed by atoms with Crippen molar-refractivity contribution in [2.75, 3.05) is 18.8 Å². The predicted octanol–water partition coefficient (Wildman–Crippen LogP) is 6.22. The van der Waals surface area contributed by atoms with Gasteiger partial charge in [0.05, 0.1) is 17.6 Å². The lowest BCUT2D eigenvalue weighted by molar-refractivity contribution is 0.270. The summed E-state index contributed by atoms with van der Waals surface area (Å²) in [4.78, 5) is 16.5. The molecule has 0 fully saturated rings. The molecule has 3 heterocycles. The van der Waals surface area contributed by atoms with E-state index in [2.05, 4.69) is 69.2 Å². The molecule has 0 radical (unpaired) electrons. The SMILES string of the molecule is Cc1c(SCCN2CCc3ccccc3C2)ccnc1CSc1ncc(-c2ccccc2)[nH]1. The van der Waals surface area contributed by atoms with Gasteiger partial charge >= 0.3 is 0 Å². The largest absolute Gasteiger partial charge is 0.333 e. The molecule has 33 heavy (non-hydrogen) atoms. The molecule has 0 aliphatic carbocycles. The van der Waals surface area contributed by atoms with Crippen molar-refractivity contribution in [1.82, 2.24) is 19.9 Å². The van der Waals surface area contributed by atoms with E-state index >= 15 is 0 Å². The number of aromatic nitrogens is 3. The molecule has 5 rings (SSSR count). The molecule has 1 aliphatic heterocycles. The molecule has 168 valence electrons. The number of aromatic amines is 1. The maximum atomic E-state index is 4.66. The van der Waals surface area contributed by atoms with E-state index in [1.807, 2.05) is 42.4 Å². The fourth-order valence-electron chi connectivity index (χ4n) is 4.17. The minimum absolute atomic E-state index is 0.810. The second kappa shape index (κ2) is 10.6. The van der Waals surface area contributed by atoms with Gasteiger partial charge in [0, 0.05) is 42.2 Å². The molecule has 0 saturated carbocycles. The Morgan fingerprint density at radius 2 is 1.76 bits per heavy atom. The van der Waals surface area contributed by atoms with Crippen LogP contribution < -0.4 is 0 Å². The van der Waals surface area contributed by atoms with Gasteiger partial charge in [-0.15, -0.1) is 11.8 Å². The van der Waals surface area contributed by atoms with Crippen LogP contribution in [0.4, 0.5) is 0 Å².